The lowest BCUT2D eigenvalue weighted by molar-refractivity contribution is 0.457. The summed E-state index contributed by atoms with van der Waals surface area (Å²) in [5.41, 5.74) is 1.66. The molecule has 0 aliphatic carbocycles. The Balaban J connectivity index is 2.93. The van der Waals surface area contributed by atoms with Gasteiger partial charge in [-0.1, -0.05) is 29.8 Å². The van der Waals surface area contributed by atoms with E-state index in [0.717, 1.165) is 5.56 Å². The van der Waals surface area contributed by atoms with Gasteiger partial charge in [-0.15, -0.1) is 0 Å². The summed E-state index contributed by atoms with van der Waals surface area (Å²) < 4.78 is 4.24. The molecule has 1 aromatic rings. The summed E-state index contributed by atoms with van der Waals surface area (Å²) in [5, 5.41) is 9.16. The Hall–Kier alpha value is -0.505. The number of hydrogen-bond donors (Lipinski definition) is 1. The Morgan fingerprint density at radius 3 is 2.64 bits per heavy atom. The van der Waals surface area contributed by atoms with E-state index in [1.54, 1.807) is 6.07 Å². The first-order chi connectivity index (χ1) is 5.25. The zero-order chi connectivity index (χ0) is 8.27. The molecule has 4 heteroatoms. The van der Waals surface area contributed by atoms with Crippen LogP contribution in [0.3, 0.4) is 0 Å². The maximum absolute atomic E-state index is 9.16. The van der Waals surface area contributed by atoms with Crippen molar-refractivity contribution >= 4 is 24.4 Å². The molecule has 1 rings (SSSR count). The highest BCUT2D eigenvalue weighted by molar-refractivity contribution is 6.63. The maximum atomic E-state index is 9.16. The maximum Gasteiger partial charge on any atom is 0.508 e. The van der Waals surface area contributed by atoms with Crippen LogP contribution in [0.2, 0.25) is 0 Å². The van der Waals surface area contributed by atoms with Gasteiger partial charge in [0, 0.05) is 11.9 Å². The molecule has 0 aliphatic rings. The van der Waals surface area contributed by atoms with Crippen LogP contribution in [0.15, 0.2) is 24.3 Å². The minimum atomic E-state index is -1.03. The van der Waals surface area contributed by atoms with E-state index in [-0.39, 0.29) is 0 Å². The molecular formula is C7H8BClO2. The molecule has 1 N–H and O–H groups in total. The van der Waals surface area contributed by atoms with Crippen LogP contribution in [0.4, 0.5) is 0 Å². The average Bonchev–Trinajstić information content (AvgIpc) is 2.04. The van der Waals surface area contributed by atoms with E-state index in [2.05, 4.69) is 4.21 Å². The van der Waals surface area contributed by atoms with E-state index in [1.165, 1.54) is 0 Å². The van der Waals surface area contributed by atoms with E-state index < -0.39 is 7.12 Å². The van der Waals surface area contributed by atoms with Gasteiger partial charge in [-0.2, -0.15) is 0 Å². The highest BCUT2D eigenvalue weighted by Gasteiger charge is 2.16. The number of hydrogen-bond acceptors (Lipinski definition) is 2. The lowest BCUT2D eigenvalue weighted by atomic mass is 9.77. The third-order valence-corrected chi connectivity index (χ3v) is 1.71. The summed E-state index contributed by atoms with van der Waals surface area (Å²) in [5.74, 6) is 0. The highest BCUT2D eigenvalue weighted by atomic mass is 35.5. The number of aryl methyl sites for hydroxylation is 1. The Kier molecular flexibility index (Phi) is 2.94. The largest absolute Gasteiger partial charge is 0.508 e. The Bertz CT molecular complexity index is 242. The number of benzene rings is 1. The summed E-state index contributed by atoms with van der Waals surface area (Å²) in [7, 11) is -1.03. The van der Waals surface area contributed by atoms with Gasteiger partial charge in [0.15, 0.2) is 0 Å². The second-order valence-corrected chi connectivity index (χ2v) is 2.48. The summed E-state index contributed by atoms with van der Waals surface area (Å²) in [6.45, 7) is 1.88. The summed E-state index contributed by atoms with van der Waals surface area (Å²) >= 11 is 5.01. The van der Waals surface area contributed by atoms with E-state index in [1.807, 2.05) is 25.1 Å². The Morgan fingerprint density at radius 1 is 1.45 bits per heavy atom. The zero-order valence-corrected chi connectivity index (χ0v) is 6.88. The van der Waals surface area contributed by atoms with Gasteiger partial charge in [0.05, 0.1) is 0 Å². The van der Waals surface area contributed by atoms with Crippen molar-refractivity contribution in [3.63, 3.8) is 0 Å². The average molecular weight is 170 g/mol. The molecule has 0 spiro atoms. The van der Waals surface area contributed by atoms with Gasteiger partial charge in [0.25, 0.3) is 0 Å². The van der Waals surface area contributed by atoms with Crippen molar-refractivity contribution < 1.29 is 9.23 Å². The molecule has 2 nitrogen and oxygen atoms in total. The second kappa shape index (κ2) is 3.76. The van der Waals surface area contributed by atoms with Crippen molar-refractivity contribution in [2.75, 3.05) is 0 Å². The molecule has 58 valence electrons. The van der Waals surface area contributed by atoms with Crippen LogP contribution in [0, 0.1) is 6.92 Å². The van der Waals surface area contributed by atoms with Gasteiger partial charge >= 0.3 is 7.12 Å². The van der Waals surface area contributed by atoms with E-state index in [0.29, 0.717) is 5.46 Å². The zero-order valence-electron chi connectivity index (χ0n) is 6.12. The third-order valence-electron chi connectivity index (χ3n) is 1.54. The normalized spacial score (nSPS) is 9.73. The highest BCUT2D eigenvalue weighted by Crippen LogP contribution is 1.96. The minimum Gasteiger partial charge on any atom is -0.422 e. The van der Waals surface area contributed by atoms with Gasteiger partial charge in [-0.3, -0.25) is 0 Å². The lowest BCUT2D eigenvalue weighted by Gasteiger charge is -2.04. The van der Waals surface area contributed by atoms with Crippen LogP contribution in [0.5, 0.6) is 0 Å². The number of halogens is 1. The molecule has 0 saturated heterocycles. The first kappa shape index (κ1) is 8.59. The van der Waals surface area contributed by atoms with Crippen LogP contribution in [0.25, 0.3) is 0 Å². The van der Waals surface area contributed by atoms with Crippen molar-refractivity contribution in [3.8, 4) is 0 Å². The van der Waals surface area contributed by atoms with Gasteiger partial charge < -0.3 is 9.23 Å². The first-order valence-electron chi connectivity index (χ1n) is 3.26. The molecule has 0 atom stereocenters. The minimum absolute atomic E-state index is 0.697. The van der Waals surface area contributed by atoms with Crippen molar-refractivity contribution in [2.24, 2.45) is 0 Å². The van der Waals surface area contributed by atoms with Gasteiger partial charge in [0.1, 0.15) is 0 Å². The van der Waals surface area contributed by atoms with E-state index in [4.69, 9.17) is 16.9 Å². The molecule has 0 fully saturated rings. The van der Waals surface area contributed by atoms with Gasteiger partial charge in [-0.05, 0) is 12.4 Å². The SMILES string of the molecule is Cc1ccccc1B(O)OCl. The first-order valence-corrected chi connectivity index (χ1v) is 3.57. The van der Waals surface area contributed by atoms with Crippen molar-refractivity contribution in [1.82, 2.24) is 0 Å². The van der Waals surface area contributed by atoms with Crippen LogP contribution >= 0.6 is 11.9 Å². The van der Waals surface area contributed by atoms with Crippen LogP contribution in [0.1, 0.15) is 5.56 Å². The third kappa shape index (κ3) is 1.96. The molecule has 0 aromatic heterocycles. The van der Waals surface area contributed by atoms with Crippen molar-refractivity contribution in [2.45, 2.75) is 6.92 Å². The van der Waals surface area contributed by atoms with Gasteiger partial charge in [-0.25, -0.2) is 0 Å². The molecule has 0 radical (unpaired) electrons. The standard InChI is InChI=1S/C7H8BClO2/c1-6-4-2-3-5-7(6)8(10)11-9/h2-5,10H,1H3. The van der Waals surface area contributed by atoms with Crippen LogP contribution < -0.4 is 5.46 Å². The smallest absolute Gasteiger partial charge is 0.422 e. The quantitative estimate of drug-likeness (QED) is 0.667. The molecule has 0 heterocycles. The molecule has 0 aliphatic heterocycles. The fraction of sp³-hybridized carbons (Fsp3) is 0.143. The predicted molar refractivity (Wildman–Crippen MR) is 45.7 cm³/mol. The fourth-order valence-electron chi connectivity index (χ4n) is 0.912. The molecular weight excluding hydrogens is 162 g/mol. The van der Waals surface area contributed by atoms with E-state index in [9.17, 15) is 0 Å². The molecule has 0 saturated carbocycles. The predicted octanol–water partition coefficient (Wildman–Crippen LogP) is 0.853. The molecule has 1 aromatic carbocycles. The summed E-state index contributed by atoms with van der Waals surface area (Å²) in [6.07, 6.45) is 0. The summed E-state index contributed by atoms with van der Waals surface area (Å²) in [4.78, 5) is 0. The van der Waals surface area contributed by atoms with Crippen molar-refractivity contribution in [1.29, 1.82) is 0 Å². The lowest BCUT2D eigenvalue weighted by Crippen LogP contribution is -2.32. The fourth-order valence-corrected chi connectivity index (χ4v) is 1.01. The van der Waals surface area contributed by atoms with Crippen LogP contribution in [-0.2, 0) is 4.21 Å². The van der Waals surface area contributed by atoms with Crippen molar-refractivity contribution in [3.05, 3.63) is 29.8 Å². The summed E-state index contributed by atoms with van der Waals surface area (Å²) in [6, 6.07) is 7.36. The molecule has 11 heavy (non-hydrogen) atoms. The van der Waals surface area contributed by atoms with E-state index >= 15 is 0 Å². The Morgan fingerprint density at radius 2 is 2.09 bits per heavy atom. The monoisotopic (exact) mass is 170 g/mol. The Labute approximate surface area is 71.1 Å². The number of rotatable bonds is 2. The van der Waals surface area contributed by atoms with Crippen LogP contribution in [-0.4, -0.2) is 12.1 Å². The van der Waals surface area contributed by atoms with Gasteiger partial charge in [0.2, 0.25) is 0 Å². The molecule has 0 unspecified atom stereocenters. The molecule has 0 amide bonds. The second-order valence-electron chi connectivity index (χ2n) is 2.30. The topological polar surface area (TPSA) is 29.5 Å². The molecule has 0 bridgehead atoms.